The lowest BCUT2D eigenvalue weighted by Gasteiger charge is -2.25. The molecule has 0 aliphatic carbocycles. The highest BCUT2D eigenvalue weighted by atomic mass is 19.4. The zero-order valence-electron chi connectivity index (χ0n) is 10.9. The second-order valence-corrected chi connectivity index (χ2v) is 4.28. The summed E-state index contributed by atoms with van der Waals surface area (Å²) < 4.78 is 37.6. The minimum Gasteiger partial charge on any atom is -0.392 e. The average Bonchev–Trinajstić information content (AvgIpc) is 2.36. The molecule has 20 heavy (non-hydrogen) atoms. The van der Waals surface area contributed by atoms with E-state index in [1.54, 1.807) is 6.92 Å². The van der Waals surface area contributed by atoms with Crippen molar-refractivity contribution in [1.29, 1.82) is 0 Å². The predicted octanol–water partition coefficient (Wildman–Crippen LogP) is 2.87. The third-order valence-electron chi connectivity index (χ3n) is 2.62. The predicted molar refractivity (Wildman–Crippen MR) is 67.6 cm³/mol. The zero-order chi connectivity index (χ0) is 15.3. The summed E-state index contributed by atoms with van der Waals surface area (Å²) in [7, 11) is 0. The Hall–Kier alpha value is -1.83. The molecule has 0 spiro atoms. The Balaban J connectivity index is 3.21. The van der Waals surface area contributed by atoms with Crippen LogP contribution in [-0.4, -0.2) is 29.3 Å². The van der Waals surface area contributed by atoms with Crippen molar-refractivity contribution in [2.75, 3.05) is 18.0 Å². The number of halogens is 3. The molecule has 0 unspecified atom stereocenters. The quantitative estimate of drug-likeness (QED) is 0.646. The highest BCUT2D eigenvalue weighted by Crippen LogP contribution is 2.31. The van der Waals surface area contributed by atoms with Gasteiger partial charge in [-0.1, -0.05) is 13.0 Å². The van der Waals surface area contributed by atoms with Gasteiger partial charge in [0.1, 0.15) is 12.2 Å². The molecule has 0 saturated carbocycles. The fraction of sp³-hybridized carbons (Fsp3) is 0.500. The van der Waals surface area contributed by atoms with Crippen molar-refractivity contribution in [3.8, 4) is 0 Å². The van der Waals surface area contributed by atoms with Gasteiger partial charge < -0.3 is 10.0 Å². The van der Waals surface area contributed by atoms with Gasteiger partial charge in [0, 0.05) is 12.6 Å². The summed E-state index contributed by atoms with van der Waals surface area (Å²) in [6.45, 7) is 0.0877. The maximum Gasteiger partial charge on any atom is 0.405 e. The molecule has 1 aromatic rings. The van der Waals surface area contributed by atoms with Gasteiger partial charge in [0.15, 0.2) is 0 Å². The number of nitro benzene ring substituents is 1. The number of rotatable bonds is 6. The van der Waals surface area contributed by atoms with E-state index < -0.39 is 29.9 Å². The van der Waals surface area contributed by atoms with Crippen LogP contribution in [0.15, 0.2) is 18.2 Å². The molecule has 0 fully saturated rings. The molecule has 1 N–H and O–H groups in total. The van der Waals surface area contributed by atoms with Gasteiger partial charge in [-0.25, -0.2) is 0 Å². The number of nitrogens with zero attached hydrogens (tertiary/aromatic N) is 2. The summed E-state index contributed by atoms with van der Waals surface area (Å²) >= 11 is 0. The number of nitro groups is 1. The lowest BCUT2D eigenvalue weighted by Crippen LogP contribution is -2.35. The van der Waals surface area contributed by atoms with Crippen molar-refractivity contribution >= 4 is 11.4 Å². The van der Waals surface area contributed by atoms with E-state index in [0.29, 0.717) is 6.42 Å². The number of aliphatic hydroxyl groups excluding tert-OH is 1. The second kappa shape index (κ2) is 6.56. The van der Waals surface area contributed by atoms with Crippen LogP contribution in [0.25, 0.3) is 0 Å². The summed E-state index contributed by atoms with van der Waals surface area (Å²) in [5, 5.41) is 19.9. The number of aliphatic hydroxyl groups is 1. The number of benzene rings is 1. The molecule has 0 atom stereocenters. The number of anilines is 1. The second-order valence-electron chi connectivity index (χ2n) is 4.28. The minimum atomic E-state index is -4.45. The van der Waals surface area contributed by atoms with E-state index in [0.717, 1.165) is 11.0 Å². The standard InChI is InChI=1S/C12H15F3N2O3/c1-2-5-16(8-12(13,14)15)10-4-3-9(7-18)6-11(10)17(19)20/h3-4,6,18H,2,5,7-8H2,1H3. The molecule has 0 aromatic heterocycles. The molecule has 0 radical (unpaired) electrons. The fourth-order valence-electron chi connectivity index (χ4n) is 1.85. The molecule has 0 saturated heterocycles. The van der Waals surface area contributed by atoms with Gasteiger partial charge in [-0.3, -0.25) is 10.1 Å². The SMILES string of the molecule is CCCN(CC(F)(F)F)c1ccc(CO)cc1[N+](=O)[O-]. The van der Waals surface area contributed by atoms with E-state index in [4.69, 9.17) is 5.11 Å². The van der Waals surface area contributed by atoms with Gasteiger partial charge in [-0.2, -0.15) is 13.2 Å². The van der Waals surface area contributed by atoms with E-state index in [1.165, 1.54) is 12.1 Å². The van der Waals surface area contributed by atoms with E-state index in [1.807, 2.05) is 0 Å². The van der Waals surface area contributed by atoms with Crippen LogP contribution in [-0.2, 0) is 6.61 Å². The van der Waals surface area contributed by atoms with Crippen LogP contribution in [0.1, 0.15) is 18.9 Å². The molecule has 0 aliphatic heterocycles. The molecule has 8 heteroatoms. The Kier molecular flexibility index (Phi) is 5.32. The van der Waals surface area contributed by atoms with Crippen LogP contribution in [0.3, 0.4) is 0 Å². The van der Waals surface area contributed by atoms with E-state index in [-0.39, 0.29) is 17.8 Å². The molecule has 1 aromatic carbocycles. The van der Waals surface area contributed by atoms with Crippen molar-refractivity contribution in [3.05, 3.63) is 33.9 Å². The van der Waals surface area contributed by atoms with Gasteiger partial charge >= 0.3 is 6.18 Å². The smallest absolute Gasteiger partial charge is 0.392 e. The first-order valence-corrected chi connectivity index (χ1v) is 5.98. The van der Waals surface area contributed by atoms with Crippen LogP contribution in [0.4, 0.5) is 24.5 Å². The summed E-state index contributed by atoms with van der Waals surface area (Å²) in [4.78, 5) is 11.2. The van der Waals surface area contributed by atoms with Crippen LogP contribution in [0, 0.1) is 10.1 Å². The first-order valence-electron chi connectivity index (χ1n) is 5.98. The van der Waals surface area contributed by atoms with Gasteiger partial charge in [0.05, 0.1) is 11.5 Å². The molecule has 0 amide bonds. The normalized spacial score (nSPS) is 11.4. The largest absolute Gasteiger partial charge is 0.405 e. The molecule has 5 nitrogen and oxygen atoms in total. The first kappa shape index (κ1) is 16.2. The first-order chi connectivity index (χ1) is 9.28. The summed E-state index contributed by atoms with van der Waals surface area (Å²) in [6, 6.07) is 3.71. The third kappa shape index (κ3) is 4.37. The van der Waals surface area contributed by atoms with Gasteiger partial charge in [0.25, 0.3) is 5.69 Å². The highest BCUT2D eigenvalue weighted by molar-refractivity contribution is 5.64. The molecule has 1 rings (SSSR count). The molecule has 0 aliphatic rings. The summed E-state index contributed by atoms with van der Waals surface area (Å²) in [6.07, 6.45) is -4.02. The molecular formula is C12H15F3N2O3. The minimum absolute atomic E-state index is 0.0544. The van der Waals surface area contributed by atoms with Crippen LogP contribution in [0.2, 0.25) is 0 Å². The highest BCUT2D eigenvalue weighted by Gasteiger charge is 2.33. The summed E-state index contributed by atoms with van der Waals surface area (Å²) in [5.41, 5.74) is -0.246. The van der Waals surface area contributed by atoms with Crippen LogP contribution >= 0.6 is 0 Å². The average molecular weight is 292 g/mol. The lowest BCUT2D eigenvalue weighted by molar-refractivity contribution is -0.384. The maximum absolute atomic E-state index is 12.5. The Morgan fingerprint density at radius 1 is 1.40 bits per heavy atom. The van der Waals surface area contributed by atoms with Crippen molar-refractivity contribution < 1.29 is 23.2 Å². The van der Waals surface area contributed by atoms with Crippen molar-refractivity contribution in [2.45, 2.75) is 26.1 Å². The number of hydrogen-bond donors (Lipinski definition) is 1. The topological polar surface area (TPSA) is 66.6 Å². The Morgan fingerprint density at radius 2 is 2.05 bits per heavy atom. The summed E-state index contributed by atoms with van der Waals surface area (Å²) in [5.74, 6) is 0. The van der Waals surface area contributed by atoms with E-state index in [9.17, 15) is 23.3 Å². The van der Waals surface area contributed by atoms with Crippen LogP contribution in [0.5, 0.6) is 0 Å². The van der Waals surface area contributed by atoms with Crippen molar-refractivity contribution in [2.24, 2.45) is 0 Å². The number of hydrogen-bond acceptors (Lipinski definition) is 4. The van der Waals surface area contributed by atoms with Gasteiger partial charge in [-0.15, -0.1) is 0 Å². The maximum atomic E-state index is 12.5. The Morgan fingerprint density at radius 3 is 2.50 bits per heavy atom. The van der Waals surface area contributed by atoms with Crippen molar-refractivity contribution in [1.82, 2.24) is 0 Å². The van der Waals surface area contributed by atoms with Crippen LogP contribution < -0.4 is 4.90 Å². The molecule has 112 valence electrons. The molecule has 0 bridgehead atoms. The van der Waals surface area contributed by atoms with Crippen molar-refractivity contribution in [3.63, 3.8) is 0 Å². The Labute approximate surface area is 113 Å². The zero-order valence-corrected chi connectivity index (χ0v) is 10.9. The van der Waals surface area contributed by atoms with Gasteiger partial charge in [0.2, 0.25) is 0 Å². The van der Waals surface area contributed by atoms with Gasteiger partial charge in [-0.05, 0) is 18.1 Å². The Bertz CT molecular complexity index is 478. The fourth-order valence-corrected chi connectivity index (χ4v) is 1.85. The van der Waals surface area contributed by atoms with E-state index in [2.05, 4.69) is 0 Å². The number of alkyl halides is 3. The lowest BCUT2D eigenvalue weighted by atomic mass is 10.1. The molecular weight excluding hydrogens is 277 g/mol. The molecule has 0 heterocycles. The third-order valence-corrected chi connectivity index (χ3v) is 2.62. The van der Waals surface area contributed by atoms with E-state index >= 15 is 0 Å². The monoisotopic (exact) mass is 292 g/mol.